The van der Waals surface area contributed by atoms with Crippen molar-refractivity contribution in [1.29, 1.82) is 0 Å². The van der Waals surface area contributed by atoms with Gasteiger partial charge in [0.15, 0.2) is 0 Å². The molecule has 1 rings (SSSR count). The first-order chi connectivity index (χ1) is 9.76. The first-order valence-corrected chi connectivity index (χ1v) is 7.21. The van der Waals surface area contributed by atoms with Gasteiger partial charge in [0.2, 0.25) is 6.41 Å². The number of amides is 1. The van der Waals surface area contributed by atoms with Gasteiger partial charge in [0.25, 0.3) is 0 Å². The van der Waals surface area contributed by atoms with Gasteiger partial charge in [-0.2, -0.15) is 0 Å². The molecule has 0 fully saturated rings. The summed E-state index contributed by atoms with van der Waals surface area (Å²) in [6.45, 7) is 5.18. The van der Waals surface area contributed by atoms with Crippen LogP contribution in [0, 0.1) is 12.8 Å². The smallest absolute Gasteiger partial charge is 0.207 e. The molecule has 20 heavy (non-hydrogen) atoms. The Morgan fingerprint density at radius 3 is 2.65 bits per heavy atom. The average Bonchev–Trinajstić information content (AvgIpc) is 2.45. The van der Waals surface area contributed by atoms with Gasteiger partial charge >= 0.3 is 0 Å². The van der Waals surface area contributed by atoms with Crippen molar-refractivity contribution in [3.05, 3.63) is 35.4 Å². The number of aryl methyl sites for hydroxylation is 1. The Morgan fingerprint density at radius 2 is 2.00 bits per heavy atom. The molecule has 1 unspecified atom stereocenters. The molecule has 1 atom stereocenters. The topological polar surface area (TPSA) is 50.4 Å². The van der Waals surface area contributed by atoms with Crippen LogP contribution in [0.3, 0.4) is 0 Å². The van der Waals surface area contributed by atoms with Crippen molar-refractivity contribution < 1.29 is 9.53 Å². The van der Waals surface area contributed by atoms with E-state index in [4.69, 9.17) is 4.74 Å². The minimum atomic E-state index is 0.533. The Bertz CT molecular complexity index is 365. The zero-order chi connectivity index (χ0) is 14.6. The van der Waals surface area contributed by atoms with Gasteiger partial charge in [-0.3, -0.25) is 4.79 Å². The Morgan fingerprint density at radius 1 is 1.25 bits per heavy atom. The van der Waals surface area contributed by atoms with Gasteiger partial charge in [-0.1, -0.05) is 29.8 Å². The van der Waals surface area contributed by atoms with Crippen LogP contribution in [0.4, 0.5) is 0 Å². The van der Waals surface area contributed by atoms with E-state index >= 15 is 0 Å². The van der Waals surface area contributed by atoms with Crippen LogP contribution in [0.25, 0.3) is 0 Å². The lowest BCUT2D eigenvalue weighted by Gasteiger charge is -2.16. The molecule has 0 aromatic heterocycles. The second kappa shape index (κ2) is 10.4. The molecule has 1 aromatic rings. The van der Waals surface area contributed by atoms with Crippen molar-refractivity contribution in [3.63, 3.8) is 0 Å². The molecule has 0 radical (unpaired) electrons. The molecule has 1 aromatic carbocycles. The number of rotatable bonds is 11. The van der Waals surface area contributed by atoms with E-state index in [0.29, 0.717) is 12.5 Å². The van der Waals surface area contributed by atoms with E-state index in [1.54, 1.807) is 0 Å². The molecule has 4 nitrogen and oxygen atoms in total. The highest BCUT2D eigenvalue weighted by atomic mass is 16.5. The molecule has 0 saturated heterocycles. The largest absolute Gasteiger partial charge is 0.377 e. The summed E-state index contributed by atoms with van der Waals surface area (Å²) in [5.74, 6) is 0.533. The van der Waals surface area contributed by atoms with Gasteiger partial charge in [-0.25, -0.2) is 0 Å². The molecule has 0 aliphatic carbocycles. The first kappa shape index (κ1) is 16.7. The summed E-state index contributed by atoms with van der Waals surface area (Å²) in [5.41, 5.74) is 2.48. The van der Waals surface area contributed by atoms with Crippen LogP contribution in [0.2, 0.25) is 0 Å². The van der Waals surface area contributed by atoms with Gasteiger partial charge in [-0.15, -0.1) is 0 Å². The lowest BCUT2D eigenvalue weighted by molar-refractivity contribution is -0.109. The van der Waals surface area contributed by atoms with E-state index in [0.717, 1.165) is 38.9 Å². The predicted octanol–water partition coefficient (Wildman–Crippen LogP) is 1.87. The standard InChI is InChI=1S/C16H26N2O2/c1-14-3-5-16(6-4-14)12-20-10-8-15(11-17-2)7-9-18-13-19/h3-6,13,15,17H,7-12H2,1-2H3,(H,18,19). The fourth-order valence-electron chi connectivity index (χ4n) is 2.11. The van der Waals surface area contributed by atoms with Crippen molar-refractivity contribution >= 4 is 6.41 Å². The summed E-state index contributed by atoms with van der Waals surface area (Å²) < 4.78 is 5.72. The van der Waals surface area contributed by atoms with Crippen molar-refractivity contribution in [2.75, 3.05) is 26.7 Å². The highest BCUT2D eigenvalue weighted by Gasteiger charge is 2.07. The van der Waals surface area contributed by atoms with E-state index in [-0.39, 0.29) is 0 Å². The van der Waals surface area contributed by atoms with Crippen molar-refractivity contribution in [3.8, 4) is 0 Å². The SMILES string of the molecule is CNCC(CCNC=O)CCOCc1ccc(C)cc1. The van der Waals surface area contributed by atoms with E-state index in [9.17, 15) is 4.79 Å². The molecule has 4 heteroatoms. The molecule has 0 aliphatic heterocycles. The maximum Gasteiger partial charge on any atom is 0.207 e. The van der Waals surface area contributed by atoms with Crippen LogP contribution in [-0.2, 0) is 16.1 Å². The summed E-state index contributed by atoms with van der Waals surface area (Å²) >= 11 is 0. The number of ether oxygens (including phenoxy) is 1. The van der Waals surface area contributed by atoms with Crippen LogP contribution in [0.15, 0.2) is 24.3 Å². The second-order valence-corrected chi connectivity index (χ2v) is 5.11. The minimum absolute atomic E-state index is 0.533. The maximum absolute atomic E-state index is 10.2. The van der Waals surface area contributed by atoms with E-state index < -0.39 is 0 Å². The van der Waals surface area contributed by atoms with Crippen LogP contribution < -0.4 is 10.6 Å². The van der Waals surface area contributed by atoms with Gasteiger partial charge in [0.05, 0.1) is 6.61 Å². The van der Waals surface area contributed by atoms with Crippen molar-refractivity contribution in [2.45, 2.75) is 26.4 Å². The third-order valence-corrected chi connectivity index (χ3v) is 3.33. The van der Waals surface area contributed by atoms with E-state index in [2.05, 4.69) is 41.8 Å². The van der Waals surface area contributed by atoms with E-state index in [1.807, 2.05) is 7.05 Å². The molecular weight excluding hydrogens is 252 g/mol. The predicted molar refractivity (Wildman–Crippen MR) is 81.6 cm³/mol. The van der Waals surface area contributed by atoms with Crippen molar-refractivity contribution in [2.24, 2.45) is 5.92 Å². The quantitative estimate of drug-likeness (QED) is 0.480. The van der Waals surface area contributed by atoms with Gasteiger partial charge < -0.3 is 15.4 Å². The van der Waals surface area contributed by atoms with Gasteiger partial charge in [0.1, 0.15) is 0 Å². The first-order valence-electron chi connectivity index (χ1n) is 7.21. The number of nitrogens with one attached hydrogen (secondary N) is 2. The molecule has 0 spiro atoms. The Kier molecular flexibility index (Phi) is 8.67. The summed E-state index contributed by atoms with van der Waals surface area (Å²) in [4.78, 5) is 10.2. The summed E-state index contributed by atoms with van der Waals surface area (Å²) in [7, 11) is 1.95. The zero-order valence-corrected chi connectivity index (χ0v) is 12.5. The molecular formula is C16H26N2O2. The van der Waals surface area contributed by atoms with Gasteiger partial charge in [-0.05, 0) is 44.8 Å². The highest BCUT2D eigenvalue weighted by molar-refractivity contribution is 5.45. The zero-order valence-electron chi connectivity index (χ0n) is 12.5. The Balaban J connectivity index is 2.18. The third kappa shape index (κ3) is 7.26. The molecule has 112 valence electrons. The number of benzene rings is 1. The van der Waals surface area contributed by atoms with Crippen LogP contribution >= 0.6 is 0 Å². The fraction of sp³-hybridized carbons (Fsp3) is 0.562. The molecule has 1 amide bonds. The Hall–Kier alpha value is -1.39. The second-order valence-electron chi connectivity index (χ2n) is 5.11. The molecule has 0 saturated carbocycles. The minimum Gasteiger partial charge on any atom is -0.377 e. The fourth-order valence-corrected chi connectivity index (χ4v) is 2.11. The molecule has 0 heterocycles. The maximum atomic E-state index is 10.2. The third-order valence-electron chi connectivity index (χ3n) is 3.33. The lowest BCUT2D eigenvalue weighted by atomic mass is 10.0. The highest BCUT2D eigenvalue weighted by Crippen LogP contribution is 2.09. The summed E-state index contributed by atoms with van der Waals surface area (Å²) in [5, 5.41) is 5.90. The summed E-state index contributed by atoms with van der Waals surface area (Å²) in [6.07, 6.45) is 2.74. The van der Waals surface area contributed by atoms with E-state index in [1.165, 1.54) is 11.1 Å². The average molecular weight is 278 g/mol. The number of hydrogen-bond donors (Lipinski definition) is 2. The van der Waals surface area contributed by atoms with Crippen molar-refractivity contribution in [1.82, 2.24) is 10.6 Å². The summed E-state index contributed by atoms with van der Waals surface area (Å²) in [6, 6.07) is 8.42. The molecule has 2 N–H and O–H groups in total. The van der Waals surface area contributed by atoms with Crippen LogP contribution in [0.5, 0.6) is 0 Å². The Labute approximate surface area is 121 Å². The number of carbonyl (C=O) groups is 1. The number of hydrogen-bond acceptors (Lipinski definition) is 3. The normalized spacial score (nSPS) is 12.1. The lowest BCUT2D eigenvalue weighted by Crippen LogP contribution is -2.24. The monoisotopic (exact) mass is 278 g/mol. The molecule has 0 aliphatic rings. The molecule has 0 bridgehead atoms. The van der Waals surface area contributed by atoms with Crippen LogP contribution in [0.1, 0.15) is 24.0 Å². The van der Waals surface area contributed by atoms with Gasteiger partial charge in [0, 0.05) is 13.2 Å². The van der Waals surface area contributed by atoms with Crippen LogP contribution in [-0.4, -0.2) is 33.2 Å². The number of carbonyl (C=O) groups excluding carboxylic acids is 1.